The van der Waals surface area contributed by atoms with Crippen LogP contribution in [0.3, 0.4) is 0 Å². The fraction of sp³-hybridized carbons (Fsp3) is 0.667. The van der Waals surface area contributed by atoms with Gasteiger partial charge in [-0.2, -0.15) is 0 Å². The largest absolute Gasteiger partial charge is 0.491 e. The molecule has 4 heteroatoms. The van der Waals surface area contributed by atoms with E-state index in [2.05, 4.69) is 41.0 Å². The lowest BCUT2D eigenvalue weighted by atomic mass is 10.1. The molecule has 3 rings (SSSR count). The normalized spacial score (nSPS) is 29.8. The van der Waals surface area contributed by atoms with Crippen molar-refractivity contribution in [1.29, 1.82) is 0 Å². The molecule has 1 N–H and O–H groups in total. The molecule has 1 aromatic rings. The van der Waals surface area contributed by atoms with Gasteiger partial charge in [0.25, 0.3) is 0 Å². The van der Waals surface area contributed by atoms with Crippen LogP contribution < -0.4 is 4.74 Å². The number of ether oxygens (including phenoxy) is 1. The summed E-state index contributed by atoms with van der Waals surface area (Å²) < 4.78 is 5.70. The topological polar surface area (TPSA) is 35.9 Å². The molecule has 22 heavy (non-hydrogen) atoms. The van der Waals surface area contributed by atoms with E-state index in [9.17, 15) is 5.11 Å². The lowest BCUT2D eigenvalue weighted by Gasteiger charge is -2.42. The Bertz CT molecular complexity index is 488. The summed E-state index contributed by atoms with van der Waals surface area (Å²) in [6.07, 6.45) is 1.00. The Morgan fingerprint density at radius 2 is 1.91 bits per heavy atom. The summed E-state index contributed by atoms with van der Waals surface area (Å²) >= 11 is 0. The van der Waals surface area contributed by atoms with Crippen LogP contribution in [0.1, 0.15) is 32.8 Å². The van der Waals surface area contributed by atoms with Gasteiger partial charge in [-0.05, 0) is 44.9 Å². The van der Waals surface area contributed by atoms with E-state index in [0.29, 0.717) is 12.1 Å². The Morgan fingerprint density at radius 1 is 1.18 bits per heavy atom. The highest BCUT2D eigenvalue weighted by atomic mass is 16.5. The first-order valence-corrected chi connectivity index (χ1v) is 8.43. The van der Waals surface area contributed by atoms with Gasteiger partial charge in [0.15, 0.2) is 0 Å². The van der Waals surface area contributed by atoms with Crippen molar-refractivity contribution in [3.05, 3.63) is 29.8 Å². The van der Waals surface area contributed by atoms with Gasteiger partial charge in [-0.3, -0.25) is 9.80 Å². The van der Waals surface area contributed by atoms with Gasteiger partial charge in [0.1, 0.15) is 5.75 Å². The van der Waals surface area contributed by atoms with E-state index < -0.39 is 0 Å². The summed E-state index contributed by atoms with van der Waals surface area (Å²) in [4.78, 5) is 4.99. The number of hydrogen-bond donors (Lipinski definition) is 1. The van der Waals surface area contributed by atoms with Gasteiger partial charge in [0.05, 0.1) is 12.2 Å². The minimum atomic E-state index is -0.135. The summed E-state index contributed by atoms with van der Waals surface area (Å²) in [5.74, 6) is 0.940. The van der Waals surface area contributed by atoms with Crippen LogP contribution in [0.5, 0.6) is 5.75 Å². The zero-order valence-electron chi connectivity index (χ0n) is 13.9. The van der Waals surface area contributed by atoms with Gasteiger partial charge >= 0.3 is 0 Å². The molecule has 1 aromatic carbocycles. The van der Waals surface area contributed by atoms with Gasteiger partial charge in [-0.25, -0.2) is 0 Å². The van der Waals surface area contributed by atoms with Crippen molar-refractivity contribution in [2.24, 2.45) is 0 Å². The monoisotopic (exact) mass is 304 g/mol. The Hall–Kier alpha value is -1.10. The average molecular weight is 304 g/mol. The van der Waals surface area contributed by atoms with Crippen LogP contribution in [0.15, 0.2) is 24.3 Å². The van der Waals surface area contributed by atoms with Crippen molar-refractivity contribution in [2.75, 3.05) is 19.6 Å². The second-order valence-electron chi connectivity index (χ2n) is 7.09. The number of nitrogens with zero attached hydrogens (tertiary/aromatic N) is 2. The Morgan fingerprint density at radius 3 is 2.59 bits per heavy atom. The van der Waals surface area contributed by atoms with Crippen LogP contribution in [-0.2, 0) is 6.54 Å². The third kappa shape index (κ3) is 3.62. The maximum Gasteiger partial charge on any atom is 0.119 e. The SMILES string of the molecule is CC(C)Oc1ccc(CN2C[C@H]3C[C@@H](O)CN3C[C@H]2C)cc1. The molecule has 0 radical (unpaired) electrons. The molecule has 2 saturated heterocycles. The molecule has 0 unspecified atom stereocenters. The molecule has 0 amide bonds. The molecule has 0 aliphatic carbocycles. The number of benzene rings is 1. The van der Waals surface area contributed by atoms with E-state index in [0.717, 1.165) is 38.3 Å². The maximum atomic E-state index is 9.85. The fourth-order valence-corrected chi connectivity index (χ4v) is 3.68. The van der Waals surface area contributed by atoms with Crippen molar-refractivity contribution in [3.63, 3.8) is 0 Å². The lowest BCUT2D eigenvalue weighted by molar-refractivity contribution is 0.0528. The summed E-state index contributed by atoms with van der Waals surface area (Å²) in [6.45, 7) is 10.3. The average Bonchev–Trinajstić information content (AvgIpc) is 2.80. The zero-order chi connectivity index (χ0) is 15.7. The summed E-state index contributed by atoms with van der Waals surface area (Å²) in [6, 6.07) is 9.52. The first-order valence-electron chi connectivity index (χ1n) is 8.43. The predicted octanol–water partition coefficient (Wildman–Crippen LogP) is 2.11. The molecule has 0 saturated carbocycles. The van der Waals surface area contributed by atoms with E-state index in [1.165, 1.54) is 5.56 Å². The number of fused-ring (bicyclic) bond motifs is 1. The van der Waals surface area contributed by atoms with E-state index in [-0.39, 0.29) is 12.2 Å². The summed E-state index contributed by atoms with van der Waals surface area (Å²) in [7, 11) is 0. The van der Waals surface area contributed by atoms with Crippen LogP contribution in [0.2, 0.25) is 0 Å². The zero-order valence-corrected chi connectivity index (χ0v) is 13.9. The van der Waals surface area contributed by atoms with Crippen LogP contribution in [0, 0.1) is 0 Å². The molecular weight excluding hydrogens is 276 g/mol. The van der Waals surface area contributed by atoms with Crippen molar-refractivity contribution in [3.8, 4) is 5.75 Å². The molecule has 2 aliphatic heterocycles. The maximum absolute atomic E-state index is 9.85. The number of aliphatic hydroxyl groups is 1. The van der Waals surface area contributed by atoms with Crippen LogP contribution >= 0.6 is 0 Å². The summed E-state index contributed by atoms with van der Waals surface area (Å²) in [5.41, 5.74) is 1.33. The molecule has 0 spiro atoms. The minimum Gasteiger partial charge on any atom is -0.491 e. The number of hydrogen-bond acceptors (Lipinski definition) is 4. The Labute approximate surface area is 133 Å². The predicted molar refractivity (Wildman–Crippen MR) is 88.1 cm³/mol. The van der Waals surface area contributed by atoms with Gasteiger partial charge in [-0.1, -0.05) is 12.1 Å². The first-order chi connectivity index (χ1) is 10.5. The third-order valence-electron chi connectivity index (χ3n) is 4.75. The van der Waals surface area contributed by atoms with Crippen LogP contribution in [0.4, 0.5) is 0 Å². The molecular formula is C18H28N2O2. The van der Waals surface area contributed by atoms with E-state index in [1.807, 2.05) is 13.8 Å². The highest BCUT2D eigenvalue weighted by Gasteiger charge is 2.37. The molecule has 2 fully saturated rings. The second-order valence-corrected chi connectivity index (χ2v) is 7.09. The number of piperazine rings is 1. The van der Waals surface area contributed by atoms with E-state index >= 15 is 0 Å². The smallest absolute Gasteiger partial charge is 0.119 e. The van der Waals surface area contributed by atoms with Gasteiger partial charge in [0, 0.05) is 38.3 Å². The molecule has 3 atom stereocenters. The number of rotatable bonds is 4. The van der Waals surface area contributed by atoms with Gasteiger partial charge < -0.3 is 9.84 Å². The molecule has 0 aromatic heterocycles. The van der Waals surface area contributed by atoms with Crippen molar-refractivity contribution < 1.29 is 9.84 Å². The van der Waals surface area contributed by atoms with E-state index in [4.69, 9.17) is 4.74 Å². The standard InChI is InChI=1S/C18H28N2O2/c1-13(2)22-18-6-4-15(5-7-18)10-19-11-16-8-17(21)12-20(16)9-14(19)3/h4-7,13-14,16-17,21H,8-12H2,1-3H3/t14-,16-,17-/m1/s1. The van der Waals surface area contributed by atoms with Gasteiger partial charge in [0.2, 0.25) is 0 Å². The Balaban J connectivity index is 1.60. The van der Waals surface area contributed by atoms with E-state index in [1.54, 1.807) is 0 Å². The quantitative estimate of drug-likeness (QED) is 0.924. The van der Waals surface area contributed by atoms with Crippen molar-refractivity contribution in [2.45, 2.75) is 58.0 Å². The highest BCUT2D eigenvalue weighted by Crippen LogP contribution is 2.26. The molecule has 2 aliphatic rings. The lowest BCUT2D eigenvalue weighted by Crippen LogP contribution is -2.54. The minimum absolute atomic E-state index is 0.135. The first kappa shape index (κ1) is 15.8. The fourth-order valence-electron chi connectivity index (χ4n) is 3.68. The summed E-state index contributed by atoms with van der Waals surface area (Å²) in [5, 5.41) is 9.85. The molecule has 122 valence electrons. The van der Waals surface area contributed by atoms with Crippen molar-refractivity contribution >= 4 is 0 Å². The molecule has 2 heterocycles. The molecule has 0 bridgehead atoms. The third-order valence-corrected chi connectivity index (χ3v) is 4.75. The Kier molecular flexibility index (Phi) is 4.71. The number of aliphatic hydroxyl groups excluding tert-OH is 1. The van der Waals surface area contributed by atoms with Crippen LogP contribution in [-0.4, -0.2) is 58.8 Å². The molecule has 4 nitrogen and oxygen atoms in total. The van der Waals surface area contributed by atoms with Crippen molar-refractivity contribution in [1.82, 2.24) is 9.80 Å². The highest BCUT2D eigenvalue weighted by molar-refractivity contribution is 5.27. The van der Waals surface area contributed by atoms with Gasteiger partial charge in [-0.15, -0.1) is 0 Å². The second kappa shape index (κ2) is 6.57. The van der Waals surface area contributed by atoms with Crippen LogP contribution in [0.25, 0.3) is 0 Å².